The van der Waals surface area contributed by atoms with Gasteiger partial charge in [-0.2, -0.15) is 6.92 Å². The summed E-state index contributed by atoms with van der Waals surface area (Å²) in [6.07, 6.45) is 0.604. The fourth-order valence-corrected chi connectivity index (χ4v) is 1.02. The van der Waals surface area contributed by atoms with E-state index in [2.05, 4.69) is 6.92 Å². The maximum Gasteiger partial charge on any atom is 2.00 e. The molecule has 1 N–H and O–H groups in total. The number of ether oxygens (including phenoxy) is 1. The summed E-state index contributed by atoms with van der Waals surface area (Å²) in [4.78, 5) is 13.0. The molecule has 5 heteroatoms. The molecule has 1 unspecified atom stereocenters. The predicted molar refractivity (Wildman–Crippen MR) is 59.1 cm³/mol. The van der Waals surface area contributed by atoms with Crippen LogP contribution in [0.15, 0.2) is 0 Å². The molecule has 0 aromatic heterocycles. The number of amides is 1. The van der Waals surface area contributed by atoms with Crippen molar-refractivity contribution >= 4 is 6.09 Å². The minimum absolute atomic E-state index is 0. The van der Waals surface area contributed by atoms with E-state index in [1.165, 1.54) is 4.90 Å². The van der Waals surface area contributed by atoms with Crippen molar-refractivity contribution in [3.63, 3.8) is 0 Å². The van der Waals surface area contributed by atoms with Crippen molar-refractivity contribution in [1.82, 2.24) is 4.90 Å². The molecular formula is C11H21NO3U. The van der Waals surface area contributed by atoms with E-state index in [1.54, 1.807) is 20.8 Å². The minimum Gasteiger partial charge on any atom is -0.444 e. The van der Waals surface area contributed by atoms with E-state index in [0.29, 0.717) is 6.54 Å². The summed E-state index contributed by atoms with van der Waals surface area (Å²) in [7, 11) is 0. The first-order valence-corrected chi connectivity index (χ1v) is 5.03. The molecule has 0 radical (unpaired) electrons. The Labute approximate surface area is 122 Å². The number of hydrogen-bond donors (Lipinski definition) is 1. The van der Waals surface area contributed by atoms with Crippen molar-refractivity contribution in [3.8, 4) is 0 Å². The van der Waals surface area contributed by atoms with Crippen LogP contribution in [-0.4, -0.2) is 40.9 Å². The van der Waals surface area contributed by atoms with Gasteiger partial charge in [-0.1, -0.05) is 6.10 Å². The van der Waals surface area contributed by atoms with Gasteiger partial charge in [0.15, 0.2) is 0 Å². The first-order valence-electron chi connectivity index (χ1n) is 5.03. The van der Waals surface area contributed by atoms with Crippen molar-refractivity contribution in [3.05, 3.63) is 13.3 Å². The molecule has 0 aromatic carbocycles. The van der Waals surface area contributed by atoms with Gasteiger partial charge < -0.3 is 28.1 Å². The van der Waals surface area contributed by atoms with Gasteiger partial charge >= 0.3 is 37.2 Å². The fourth-order valence-electron chi connectivity index (χ4n) is 1.02. The smallest absolute Gasteiger partial charge is 0.444 e. The van der Waals surface area contributed by atoms with Crippen LogP contribution >= 0.6 is 0 Å². The van der Waals surface area contributed by atoms with E-state index in [4.69, 9.17) is 9.84 Å². The third-order valence-corrected chi connectivity index (χ3v) is 1.49. The van der Waals surface area contributed by atoms with Crippen LogP contribution in [0.3, 0.4) is 0 Å². The van der Waals surface area contributed by atoms with Crippen molar-refractivity contribution < 1.29 is 45.8 Å². The minimum atomic E-state index is -0.794. The number of carbonyl (C=O) groups excluding carboxylic acids is 1. The second kappa shape index (κ2) is 8.38. The van der Waals surface area contributed by atoms with Crippen LogP contribution in [0.4, 0.5) is 4.79 Å². The molecular weight excluding hydrogens is 432 g/mol. The van der Waals surface area contributed by atoms with E-state index < -0.39 is 17.8 Å². The largest absolute Gasteiger partial charge is 2.00 e. The number of rotatable bonds is 4. The van der Waals surface area contributed by atoms with Crippen LogP contribution in [-0.2, 0) is 4.74 Å². The Bertz CT molecular complexity index is 202. The molecule has 0 saturated carbocycles. The van der Waals surface area contributed by atoms with Gasteiger partial charge in [0, 0.05) is 6.54 Å². The standard InChI is InChI=1S/C11H21NO3.U/c1-6-7-12(8-9(2)13)10(14)15-11(3,4)5;/h6,9,13H,2,7-8H2,1,3-5H3;/q-2;+2. The van der Waals surface area contributed by atoms with Crippen LogP contribution in [0.2, 0.25) is 0 Å². The first-order chi connectivity index (χ1) is 6.76. The van der Waals surface area contributed by atoms with Gasteiger partial charge in [-0.3, -0.25) is 0 Å². The third-order valence-electron chi connectivity index (χ3n) is 1.49. The zero-order chi connectivity index (χ0) is 12.1. The average molecular weight is 453 g/mol. The van der Waals surface area contributed by atoms with Crippen LogP contribution in [0, 0.1) is 44.5 Å². The topological polar surface area (TPSA) is 49.8 Å². The van der Waals surface area contributed by atoms with Gasteiger partial charge in [0.2, 0.25) is 0 Å². The SMILES string of the molecule is [CH2-]C(O)CN(C[CH-]C)C(=O)OC(C)(C)C.[U+2]. The second-order valence-electron chi connectivity index (χ2n) is 4.45. The number of carbonyl (C=O) groups is 1. The number of hydrogen-bond acceptors (Lipinski definition) is 3. The molecule has 0 aliphatic carbocycles. The number of aliphatic hydroxyl groups excluding tert-OH is 1. The number of nitrogens with zero attached hydrogens (tertiary/aromatic N) is 1. The van der Waals surface area contributed by atoms with E-state index in [1.807, 2.05) is 13.3 Å². The van der Waals surface area contributed by atoms with E-state index in [9.17, 15) is 4.79 Å². The van der Waals surface area contributed by atoms with Crippen molar-refractivity contribution in [1.29, 1.82) is 0 Å². The molecule has 0 saturated heterocycles. The maximum atomic E-state index is 11.6. The van der Waals surface area contributed by atoms with E-state index in [0.717, 1.165) is 0 Å². The van der Waals surface area contributed by atoms with Gasteiger partial charge in [-0.05, 0) is 20.8 Å². The summed E-state index contributed by atoms with van der Waals surface area (Å²) < 4.78 is 5.18. The molecule has 0 fully saturated rings. The Balaban J connectivity index is 0. The Morgan fingerprint density at radius 3 is 2.38 bits per heavy atom. The molecule has 0 aliphatic rings. The molecule has 0 aliphatic heterocycles. The van der Waals surface area contributed by atoms with Gasteiger partial charge in [-0.25, -0.2) is 4.79 Å². The van der Waals surface area contributed by atoms with Crippen molar-refractivity contribution in [2.75, 3.05) is 13.1 Å². The third kappa shape index (κ3) is 9.50. The maximum absolute atomic E-state index is 11.6. The molecule has 1 atom stereocenters. The summed E-state index contributed by atoms with van der Waals surface area (Å²) in [5, 5.41) is 9.12. The van der Waals surface area contributed by atoms with Crippen molar-refractivity contribution in [2.24, 2.45) is 0 Å². The van der Waals surface area contributed by atoms with Gasteiger partial charge in [0.1, 0.15) is 5.60 Å². The Hall–Kier alpha value is 0.282. The monoisotopic (exact) mass is 453 g/mol. The Kier molecular flexibility index (Phi) is 9.77. The predicted octanol–water partition coefficient (Wildman–Crippen LogP) is 1.64. The second-order valence-corrected chi connectivity index (χ2v) is 4.45. The molecule has 0 bridgehead atoms. The zero-order valence-corrected chi connectivity index (χ0v) is 14.7. The quantitative estimate of drug-likeness (QED) is 0.659. The summed E-state index contributed by atoms with van der Waals surface area (Å²) in [6.45, 7) is 11.3. The summed E-state index contributed by atoms with van der Waals surface area (Å²) >= 11 is 0. The molecule has 16 heavy (non-hydrogen) atoms. The normalized spacial score (nSPS) is 12.6. The molecule has 1 amide bonds. The van der Waals surface area contributed by atoms with Crippen LogP contribution in [0.25, 0.3) is 0 Å². The van der Waals surface area contributed by atoms with Gasteiger partial charge in [0.05, 0.1) is 0 Å². The molecule has 92 valence electrons. The molecule has 0 spiro atoms. The molecule has 0 heterocycles. The van der Waals surface area contributed by atoms with E-state index >= 15 is 0 Å². The van der Waals surface area contributed by atoms with Crippen LogP contribution in [0.1, 0.15) is 27.7 Å². The molecule has 0 aromatic rings. The Morgan fingerprint density at radius 2 is 2.06 bits per heavy atom. The number of aliphatic hydroxyl groups is 1. The van der Waals surface area contributed by atoms with Gasteiger partial charge in [0.25, 0.3) is 0 Å². The Morgan fingerprint density at radius 1 is 1.56 bits per heavy atom. The summed E-state index contributed by atoms with van der Waals surface area (Å²) in [5.74, 6) is 0. The average Bonchev–Trinajstić information content (AvgIpc) is 1.99. The zero-order valence-electron chi connectivity index (χ0n) is 10.5. The summed E-state index contributed by atoms with van der Waals surface area (Å²) in [6, 6.07) is 0. The van der Waals surface area contributed by atoms with Gasteiger partial charge in [-0.15, -0.1) is 6.54 Å². The summed E-state index contributed by atoms with van der Waals surface area (Å²) in [5.41, 5.74) is -0.519. The van der Waals surface area contributed by atoms with Crippen LogP contribution < -0.4 is 0 Å². The fraction of sp³-hybridized carbons (Fsp3) is 0.727. The van der Waals surface area contributed by atoms with E-state index in [-0.39, 0.29) is 37.7 Å². The molecule has 0 rings (SSSR count). The van der Waals surface area contributed by atoms with Crippen LogP contribution in [0.5, 0.6) is 0 Å². The molecule has 4 nitrogen and oxygen atoms in total. The van der Waals surface area contributed by atoms with Crippen molar-refractivity contribution in [2.45, 2.75) is 39.4 Å². The first kappa shape index (κ1) is 18.6.